The van der Waals surface area contributed by atoms with Crippen LogP contribution < -0.4 is 4.74 Å². The van der Waals surface area contributed by atoms with Gasteiger partial charge in [-0.25, -0.2) is 0 Å². The van der Waals surface area contributed by atoms with Gasteiger partial charge in [-0.05, 0) is 40.8 Å². The minimum Gasteiger partial charge on any atom is -0.497 e. The molecule has 5 rings (SSSR count). The number of carbonyl (C=O) groups is 1. The van der Waals surface area contributed by atoms with Crippen LogP contribution in [-0.2, 0) is 11.2 Å². The topological polar surface area (TPSA) is 48.6 Å². The molecule has 38 heavy (non-hydrogen) atoms. The minimum atomic E-state index is -0.0507. The predicted octanol–water partition coefficient (Wildman–Crippen LogP) is 6.12. The Labute approximate surface area is 225 Å². The van der Waals surface area contributed by atoms with E-state index in [-0.39, 0.29) is 11.8 Å². The number of methoxy groups -OCH3 is 1. The van der Waals surface area contributed by atoms with Crippen molar-refractivity contribution in [2.45, 2.75) is 25.7 Å². The Kier molecular flexibility index (Phi) is 8.25. The van der Waals surface area contributed by atoms with Crippen LogP contribution in [0.25, 0.3) is 17.0 Å². The largest absolute Gasteiger partial charge is 0.497 e. The average Bonchev–Trinajstić information content (AvgIpc) is 3.41. The Bertz CT molecular complexity index is 1380. The molecule has 0 spiro atoms. The molecule has 1 fully saturated rings. The fourth-order valence-electron chi connectivity index (χ4n) is 5.47. The number of amides is 1. The van der Waals surface area contributed by atoms with Crippen LogP contribution in [0.4, 0.5) is 0 Å². The van der Waals surface area contributed by atoms with E-state index in [2.05, 4.69) is 89.8 Å². The van der Waals surface area contributed by atoms with Gasteiger partial charge in [-0.3, -0.25) is 9.69 Å². The second kappa shape index (κ2) is 12.1. The lowest BCUT2D eigenvalue weighted by Crippen LogP contribution is -2.48. The molecule has 1 saturated heterocycles. The Hall–Kier alpha value is -3.83. The molecule has 3 aromatic carbocycles. The standard InChI is InChI=1S/C33H37N3O2/c1-3-26-13-8-16-29-31(24-34-33(26)29)30(27-14-7-15-28(22-27)38-2)23-32(37)36-20-18-35(19-21-36)17-9-12-25-10-5-4-6-11-25/h4-16,22,24,30,34H,3,17-21,23H2,1-2H3/b12-9+/t30-/m0/s1. The van der Waals surface area contributed by atoms with Gasteiger partial charge in [-0.1, -0.05) is 79.7 Å². The van der Waals surface area contributed by atoms with Gasteiger partial charge < -0.3 is 14.6 Å². The molecule has 5 nitrogen and oxygen atoms in total. The number of carbonyl (C=O) groups excluding carboxylic acids is 1. The van der Waals surface area contributed by atoms with Crippen LogP contribution in [-0.4, -0.2) is 60.5 Å². The van der Waals surface area contributed by atoms with Crippen molar-refractivity contribution < 1.29 is 9.53 Å². The van der Waals surface area contributed by atoms with Crippen LogP contribution in [0.1, 0.15) is 41.5 Å². The normalized spacial score (nSPS) is 15.3. The first-order valence-electron chi connectivity index (χ1n) is 13.6. The van der Waals surface area contributed by atoms with Crippen molar-refractivity contribution in [2.75, 3.05) is 39.8 Å². The van der Waals surface area contributed by atoms with Gasteiger partial charge in [0, 0.05) is 62.2 Å². The zero-order chi connectivity index (χ0) is 26.3. The minimum absolute atomic E-state index is 0.0507. The first-order chi connectivity index (χ1) is 18.7. The number of hydrogen-bond acceptors (Lipinski definition) is 3. The van der Waals surface area contributed by atoms with Gasteiger partial charge in [0.15, 0.2) is 0 Å². The zero-order valence-corrected chi connectivity index (χ0v) is 22.4. The summed E-state index contributed by atoms with van der Waals surface area (Å²) in [7, 11) is 1.69. The van der Waals surface area contributed by atoms with E-state index in [9.17, 15) is 4.79 Å². The number of aromatic nitrogens is 1. The molecule has 0 bridgehead atoms. The summed E-state index contributed by atoms with van der Waals surface area (Å²) in [6.45, 7) is 6.38. The van der Waals surface area contributed by atoms with Gasteiger partial charge >= 0.3 is 0 Å². The predicted molar refractivity (Wildman–Crippen MR) is 156 cm³/mol. The van der Waals surface area contributed by atoms with E-state index in [0.29, 0.717) is 6.42 Å². The summed E-state index contributed by atoms with van der Waals surface area (Å²) in [5.74, 6) is 0.967. The third-order valence-corrected chi connectivity index (χ3v) is 7.66. The molecule has 0 aliphatic carbocycles. The monoisotopic (exact) mass is 507 g/mol. The maximum absolute atomic E-state index is 13.6. The first kappa shape index (κ1) is 25.8. The van der Waals surface area contributed by atoms with E-state index in [1.54, 1.807) is 7.11 Å². The average molecular weight is 508 g/mol. The maximum atomic E-state index is 13.6. The molecule has 5 heteroatoms. The molecular weight excluding hydrogens is 470 g/mol. The number of H-pyrrole nitrogens is 1. The molecule has 2 heterocycles. The Morgan fingerprint density at radius 3 is 2.55 bits per heavy atom. The lowest BCUT2D eigenvalue weighted by Gasteiger charge is -2.35. The molecule has 196 valence electrons. The lowest BCUT2D eigenvalue weighted by molar-refractivity contribution is -0.133. The number of benzene rings is 3. The Morgan fingerprint density at radius 2 is 1.79 bits per heavy atom. The van der Waals surface area contributed by atoms with E-state index in [1.165, 1.54) is 27.6 Å². The van der Waals surface area contributed by atoms with Gasteiger partial charge in [-0.2, -0.15) is 0 Å². The highest BCUT2D eigenvalue weighted by atomic mass is 16.5. The first-order valence-corrected chi connectivity index (χ1v) is 13.6. The number of piperazine rings is 1. The van der Waals surface area contributed by atoms with Crippen LogP contribution in [0.3, 0.4) is 0 Å². The summed E-state index contributed by atoms with van der Waals surface area (Å²) in [5.41, 5.74) is 5.95. The molecule has 1 amide bonds. The van der Waals surface area contributed by atoms with Crippen LogP contribution >= 0.6 is 0 Å². The maximum Gasteiger partial charge on any atom is 0.223 e. The molecule has 1 aliphatic heterocycles. The summed E-state index contributed by atoms with van der Waals surface area (Å²) >= 11 is 0. The molecule has 1 aliphatic rings. The van der Waals surface area contributed by atoms with Crippen molar-refractivity contribution in [3.8, 4) is 5.75 Å². The second-order valence-electron chi connectivity index (χ2n) is 9.97. The third-order valence-electron chi connectivity index (χ3n) is 7.66. The molecule has 0 unspecified atom stereocenters. The van der Waals surface area contributed by atoms with E-state index in [0.717, 1.165) is 50.5 Å². The van der Waals surface area contributed by atoms with Crippen LogP contribution in [0.2, 0.25) is 0 Å². The van der Waals surface area contributed by atoms with Crippen molar-refractivity contribution in [2.24, 2.45) is 0 Å². The highest BCUT2D eigenvalue weighted by molar-refractivity contribution is 5.88. The smallest absolute Gasteiger partial charge is 0.223 e. The van der Waals surface area contributed by atoms with Crippen molar-refractivity contribution in [3.05, 3.63) is 107 Å². The van der Waals surface area contributed by atoms with Gasteiger partial charge in [0.1, 0.15) is 5.75 Å². The van der Waals surface area contributed by atoms with Gasteiger partial charge in [0.05, 0.1) is 7.11 Å². The molecule has 4 aromatic rings. The van der Waals surface area contributed by atoms with Crippen molar-refractivity contribution >= 4 is 22.9 Å². The highest BCUT2D eigenvalue weighted by Gasteiger charge is 2.27. The lowest BCUT2D eigenvalue weighted by atomic mass is 9.87. The number of rotatable bonds is 9. The second-order valence-corrected chi connectivity index (χ2v) is 9.97. The van der Waals surface area contributed by atoms with E-state index in [4.69, 9.17) is 4.74 Å². The number of para-hydroxylation sites is 1. The Balaban J connectivity index is 1.30. The summed E-state index contributed by atoms with van der Waals surface area (Å²) in [6.07, 6.45) is 7.88. The van der Waals surface area contributed by atoms with Crippen LogP contribution in [0.5, 0.6) is 5.75 Å². The molecular formula is C33H37N3O2. The van der Waals surface area contributed by atoms with Crippen molar-refractivity contribution in [1.29, 1.82) is 0 Å². The molecule has 0 saturated carbocycles. The van der Waals surface area contributed by atoms with Crippen molar-refractivity contribution in [1.82, 2.24) is 14.8 Å². The fraction of sp³-hybridized carbons (Fsp3) is 0.303. The number of nitrogens with one attached hydrogen (secondary N) is 1. The van der Waals surface area contributed by atoms with E-state index < -0.39 is 0 Å². The number of nitrogens with zero attached hydrogens (tertiary/aromatic N) is 2. The zero-order valence-electron chi connectivity index (χ0n) is 22.4. The summed E-state index contributed by atoms with van der Waals surface area (Å²) < 4.78 is 5.53. The number of aryl methyl sites for hydroxylation is 1. The van der Waals surface area contributed by atoms with Gasteiger partial charge in [-0.15, -0.1) is 0 Å². The van der Waals surface area contributed by atoms with E-state index in [1.807, 2.05) is 23.1 Å². The molecule has 1 aromatic heterocycles. The fourth-order valence-corrected chi connectivity index (χ4v) is 5.47. The van der Waals surface area contributed by atoms with Crippen molar-refractivity contribution in [3.63, 3.8) is 0 Å². The SMILES string of the molecule is CCc1cccc2c([C@@H](CC(=O)N3CCN(C/C=C/c4ccccc4)CC3)c3cccc(OC)c3)c[nH]c12. The summed E-state index contributed by atoms with van der Waals surface area (Å²) in [6, 6.07) is 25.0. The molecule has 1 N–H and O–H groups in total. The number of fused-ring (bicyclic) bond motifs is 1. The molecule has 1 atom stereocenters. The summed E-state index contributed by atoms with van der Waals surface area (Å²) in [4.78, 5) is 21.6. The number of hydrogen-bond donors (Lipinski definition) is 1. The number of ether oxygens (including phenoxy) is 1. The van der Waals surface area contributed by atoms with Crippen LogP contribution in [0, 0.1) is 0 Å². The Morgan fingerprint density at radius 1 is 1.00 bits per heavy atom. The third kappa shape index (κ3) is 5.84. The number of aromatic amines is 1. The van der Waals surface area contributed by atoms with Crippen LogP contribution in [0.15, 0.2) is 85.1 Å². The summed E-state index contributed by atoms with van der Waals surface area (Å²) in [5, 5.41) is 1.19. The highest BCUT2D eigenvalue weighted by Crippen LogP contribution is 2.36. The quantitative estimate of drug-likeness (QED) is 0.297. The van der Waals surface area contributed by atoms with Gasteiger partial charge in [0.2, 0.25) is 5.91 Å². The molecule has 0 radical (unpaired) electrons. The van der Waals surface area contributed by atoms with E-state index >= 15 is 0 Å². The van der Waals surface area contributed by atoms with Gasteiger partial charge in [0.25, 0.3) is 0 Å².